The summed E-state index contributed by atoms with van der Waals surface area (Å²) in [5.74, 6) is 1.78. The molecule has 1 amide bonds. The highest BCUT2D eigenvalue weighted by molar-refractivity contribution is 5.86. The van der Waals surface area contributed by atoms with E-state index >= 15 is 0 Å². The van der Waals surface area contributed by atoms with E-state index < -0.39 is 6.09 Å². The number of aromatic nitrogens is 2. The Kier molecular flexibility index (Phi) is 5.66. The maximum Gasteiger partial charge on any atom is 0.417 e. The summed E-state index contributed by atoms with van der Waals surface area (Å²) in [6.45, 7) is 4.91. The van der Waals surface area contributed by atoms with E-state index in [9.17, 15) is 4.79 Å². The van der Waals surface area contributed by atoms with E-state index in [4.69, 9.17) is 9.47 Å². The fourth-order valence-corrected chi connectivity index (χ4v) is 3.00. The molecule has 4 aromatic rings. The molecule has 0 aliphatic heterocycles. The van der Waals surface area contributed by atoms with Crippen molar-refractivity contribution in [3.8, 4) is 17.2 Å². The van der Waals surface area contributed by atoms with Gasteiger partial charge in [-0.15, -0.1) is 0 Å². The number of hydrogen-bond donors (Lipinski definition) is 1. The molecule has 0 spiro atoms. The number of fused-ring (bicyclic) bond motifs is 1. The average molecular weight is 401 g/mol. The molecule has 0 radical (unpaired) electrons. The van der Waals surface area contributed by atoms with Crippen molar-refractivity contribution < 1.29 is 14.3 Å². The van der Waals surface area contributed by atoms with Gasteiger partial charge in [-0.3, -0.25) is 9.88 Å². The SMILES string of the molecule is CC(C)COc1ccc2c(c1)ncn2-c1ccc(NC(=O)Oc2ccccc2)cc1. The van der Waals surface area contributed by atoms with Gasteiger partial charge in [0.1, 0.15) is 17.8 Å². The van der Waals surface area contributed by atoms with Gasteiger partial charge < -0.3 is 9.47 Å². The molecular formula is C24H23N3O3. The highest BCUT2D eigenvalue weighted by atomic mass is 16.6. The smallest absolute Gasteiger partial charge is 0.417 e. The third-order valence-corrected chi connectivity index (χ3v) is 4.45. The molecule has 0 saturated heterocycles. The molecule has 4 rings (SSSR count). The summed E-state index contributed by atoms with van der Waals surface area (Å²) in [6.07, 6.45) is 1.25. The first-order valence-corrected chi connectivity index (χ1v) is 9.83. The van der Waals surface area contributed by atoms with Crippen molar-refractivity contribution in [2.45, 2.75) is 13.8 Å². The molecular weight excluding hydrogens is 378 g/mol. The van der Waals surface area contributed by atoms with E-state index in [-0.39, 0.29) is 0 Å². The molecule has 3 aromatic carbocycles. The van der Waals surface area contributed by atoms with Crippen LogP contribution in [0.15, 0.2) is 79.1 Å². The Balaban J connectivity index is 1.46. The molecule has 0 saturated carbocycles. The lowest BCUT2D eigenvalue weighted by Crippen LogP contribution is -2.16. The van der Waals surface area contributed by atoms with Crippen LogP contribution in [0.2, 0.25) is 0 Å². The van der Waals surface area contributed by atoms with Crippen molar-refractivity contribution >= 4 is 22.8 Å². The van der Waals surface area contributed by atoms with Crippen LogP contribution in [0.1, 0.15) is 13.8 Å². The van der Waals surface area contributed by atoms with E-state index in [0.29, 0.717) is 24.0 Å². The number of ether oxygens (including phenoxy) is 2. The van der Waals surface area contributed by atoms with Crippen molar-refractivity contribution in [1.82, 2.24) is 9.55 Å². The van der Waals surface area contributed by atoms with E-state index in [2.05, 4.69) is 24.1 Å². The molecule has 6 nitrogen and oxygen atoms in total. The topological polar surface area (TPSA) is 65.4 Å². The van der Waals surface area contributed by atoms with E-state index in [1.165, 1.54) is 0 Å². The number of nitrogens with one attached hydrogen (secondary N) is 1. The summed E-state index contributed by atoms with van der Waals surface area (Å²) in [5.41, 5.74) is 3.43. The molecule has 30 heavy (non-hydrogen) atoms. The van der Waals surface area contributed by atoms with Gasteiger partial charge in [-0.1, -0.05) is 32.0 Å². The Morgan fingerprint density at radius 2 is 1.77 bits per heavy atom. The Labute approximate surface area is 175 Å². The van der Waals surface area contributed by atoms with Gasteiger partial charge in [-0.25, -0.2) is 9.78 Å². The molecule has 152 valence electrons. The molecule has 0 aliphatic carbocycles. The fourth-order valence-electron chi connectivity index (χ4n) is 3.00. The predicted octanol–water partition coefficient (Wildman–Crippen LogP) is 5.67. The number of benzene rings is 3. The summed E-state index contributed by atoms with van der Waals surface area (Å²) in [6, 6.07) is 22.3. The van der Waals surface area contributed by atoms with Gasteiger partial charge in [-0.2, -0.15) is 0 Å². The Morgan fingerprint density at radius 3 is 2.50 bits per heavy atom. The minimum absolute atomic E-state index is 0.468. The molecule has 0 fully saturated rings. The fraction of sp³-hybridized carbons (Fsp3) is 0.167. The highest BCUT2D eigenvalue weighted by Gasteiger charge is 2.08. The summed E-state index contributed by atoms with van der Waals surface area (Å²) < 4.78 is 13.0. The minimum Gasteiger partial charge on any atom is -0.493 e. The number of rotatable bonds is 6. The second kappa shape index (κ2) is 8.69. The third-order valence-electron chi connectivity index (χ3n) is 4.45. The zero-order valence-electron chi connectivity index (χ0n) is 16.9. The number of amides is 1. The van der Waals surface area contributed by atoms with Crippen LogP contribution in [0.4, 0.5) is 10.5 Å². The Bertz CT molecular complexity index is 1140. The van der Waals surface area contributed by atoms with Gasteiger partial charge in [0.15, 0.2) is 0 Å². The number of carbonyl (C=O) groups is 1. The first kappa shape index (κ1) is 19.5. The molecule has 0 bridgehead atoms. The first-order chi connectivity index (χ1) is 14.6. The average Bonchev–Trinajstić information content (AvgIpc) is 3.17. The summed E-state index contributed by atoms with van der Waals surface area (Å²) in [7, 11) is 0. The number of anilines is 1. The monoisotopic (exact) mass is 401 g/mol. The van der Waals surface area contributed by atoms with E-state index in [0.717, 1.165) is 22.5 Å². The van der Waals surface area contributed by atoms with Crippen molar-refractivity contribution in [2.75, 3.05) is 11.9 Å². The number of nitrogens with zero attached hydrogens (tertiary/aromatic N) is 2. The van der Waals surface area contributed by atoms with Gasteiger partial charge in [0.05, 0.1) is 17.6 Å². The molecule has 1 aromatic heterocycles. The molecule has 0 aliphatic rings. The molecule has 0 unspecified atom stereocenters. The van der Waals surface area contributed by atoms with Crippen molar-refractivity contribution in [2.24, 2.45) is 5.92 Å². The quantitative estimate of drug-likeness (QED) is 0.452. The maximum absolute atomic E-state index is 12.0. The zero-order chi connectivity index (χ0) is 20.9. The van der Waals surface area contributed by atoms with Gasteiger partial charge >= 0.3 is 6.09 Å². The molecule has 1 heterocycles. The van der Waals surface area contributed by atoms with Crippen LogP contribution in [-0.4, -0.2) is 22.3 Å². The van der Waals surface area contributed by atoms with Crippen LogP contribution in [0, 0.1) is 5.92 Å². The largest absolute Gasteiger partial charge is 0.493 e. The van der Waals surface area contributed by atoms with Crippen LogP contribution < -0.4 is 14.8 Å². The lowest BCUT2D eigenvalue weighted by molar-refractivity contribution is 0.215. The predicted molar refractivity (Wildman–Crippen MR) is 117 cm³/mol. The Morgan fingerprint density at radius 1 is 1.00 bits per heavy atom. The van der Waals surface area contributed by atoms with Gasteiger partial charge in [-0.05, 0) is 54.4 Å². The maximum atomic E-state index is 12.0. The van der Waals surface area contributed by atoms with Crippen molar-refractivity contribution in [3.63, 3.8) is 0 Å². The van der Waals surface area contributed by atoms with Gasteiger partial charge in [0, 0.05) is 17.4 Å². The standard InChI is InChI=1S/C24H23N3O3/c1-17(2)15-29-21-12-13-23-22(14-21)25-16-27(23)19-10-8-18(9-11-19)26-24(28)30-20-6-4-3-5-7-20/h3-14,16-17H,15H2,1-2H3,(H,26,28). The van der Waals surface area contributed by atoms with Crippen LogP contribution >= 0.6 is 0 Å². The summed E-state index contributed by atoms with van der Waals surface area (Å²) in [5, 5.41) is 2.73. The highest BCUT2D eigenvalue weighted by Crippen LogP contribution is 2.24. The number of hydrogen-bond acceptors (Lipinski definition) is 4. The van der Waals surface area contributed by atoms with Gasteiger partial charge in [0.2, 0.25) is 0 Å². The van der Waals surface area contributed by atoms with Crippen LogP contribution in [0.25, 0.3) is 16.7 Å². The van der Waals surface area contributed by atoms with Crippen molar-refractivity contribution in [3.05, 3.63) is 79.1 Å². The summed E-state index contributed by atoms with van der Waals surface area (Å²) in [4.78, 5) is 16.5. The normalized spacial score (nSPS) is 10.9. The first-order valence-electron chi connectivity index (χ1n) is 9.83. The second-order valence-electron chi connectivity index (χ2n) is 7.34. The number of imidazole rings is 1. The van der Waals surface area contributed by atoms with Crippen molar-refractivity contribution in [1.29, 1.82) is 0 Å². The lowest BCUT2D eigenvalue weighted by Gasteiger charge is -2.10. The lowest BCUT2D eigenvalue weighted by atomic mass is 10.2. The minimum atomic E-state index is -0.532. The van der Waals surface area contributed by atoms with Crippen LogP contribution in [-0.2, 0) is 0 Å². The Hall–Kier alpha value is -3.80. The molecule has 6 heteroatoms. The molecule has 0 atom stereocenters. The molecule has 1 N–H and O–H groups in total. The van der Waals surface area contributed by atoms with E-state index in [1.807, 2.05) is 65.2 Å². The van der Waals surface area contributed by atoms with E-state index in [1.54, 1.807) is 18.5 Å². The zero-order valence-corrected chi connectivity index (χ0v) is 16.9. The summed E-state index contributed by atoms with van der Waals surface area (Å²) >= 11 is 0. The third kappa shape index (κ3) is 4.60. The second-order valence-corrected chi connectivity index (χ2v) is 7.34. The van der Waals surface area contributed by atoms with Gasteiger partial charge in [0.25, 0.3) is 0 Å². The van der Waals surface area contributed by atoms with Crippen LogP contribution in [0.3, 0.4) is 0 Å². The number of carbonyl (C=O) groups excluding carboxylic acids is 1. The number of para-hydroxylation sites is 1. The van der Waals surface area contributed by atoms with Crippen LogP contribution in [0.5, 0.6) is 11.5 Å².